The van der Waals surface area contributed by atoms with Crippen LogP contribution in [-0.4, -0.2) is 20.4 Å². The Kier molecular flexibility index (Phi) is 2.53. The zero-order valence-electron chi connectivity index (χ0n) is 7.70. The number of hydrogen-bond acceptors (Lipinski definition) is 2. The first-order valence-corrected chi connectivity index (χ1v) is 4.97. The SMILES string of the molecule is O=c1n(CC(F)(F)F)nc2cc(Br)ccn12. The Morgan fingerprint density at radius 3 is 2.75 bits per heavy atom. The molecular weight excluding hydrogens is 291 g/mol. The molecule has 0 aliphatic carbocycles. The summed E-state index contributed by atoms with van der Waals surface area (Å²) in [6, 6.07) is 3.02. The van der Waals surface area contributed by atoms with Crippen molar-refractivity contribution in [1.29, 1.82) is 0 Å². The molecule has 0 aromatic carbocycles. The van der Waals surface area contributed by atoms with E-state index >= 15 is 0 Å². The van der Waals surface area contributed by atoms with Gasteiger partial charge in [0.2, 0.25) is 0 Å². The Bertz CT molecular complexity index is 586. The number of fused-ring (bicyclic) bond motifs is 1. The van der Waals surface area contributed by atoms with Crippen LogP contribution in [0.25, 0.3) is 5.65 Å². The summed E-state index contributed by atoms with van der Waals surface area (Å²) in [5.74, 6) is 0. The van der Waals surface area contributed by atoms with Gasteiger partial charge in [0.05, 0.1) is 0 Å². The highest BCUT2D eigenvalue weighted by Crippen LogP contribution is 2.16. The standard InChI is InChI=1S/C8H5BrF3N3O/c9-5-1-2-14-6(3-5)13-15(7(14)16)4-8(10,11)12/h1-3H,4H2. The second kappa shape index (κ2) is 3.62. The molecule has 0 saturated carbocycles. The van der Waals surface area contributed by atoms with Crippen LogP contribution in [0.3, 0.4) is 0 Å². The van der Waals surface area contributed by atoms with E-state index in [0.29, 0.717) is 9.15 Å². The van der Waals surface area contributed by atoms with E-state index in [4.69, 9.17) is 0 Å². The van der Waals surface area contributed by atoms with Crippen molar-refractivity contribution in [2.75, 3.05) is 0 Å². The van der Waals surface area contributed by atoms with Crippen molar-refractivity contribution >= 4 is 21.6 Å². The van der Waals surface area contributed by atoms with Crippen LogP contribution >= 0.6 is 15.9 Å². The minimum atomic E-state index is -4.46. The first kappa shape index (κ1) is 11.2. The number of pyridine rings is 1. The predicted molar refractivity (Wildman–Crippen MR) is 53.2 cm³/mol. The fourth-order valence-corrected chi connectivity index (χ4v) is 1.59. The maximum Gasteiger partial charge on any atom is 0.408 e. The van der Waals surface area contributed by atoms with E-state index in [9.17, 15) is 18.0 Å². The van der Waals surface area contributed by atoms with Gasteiger partial charge in [-0.1, -0.05) is 15.9 Å². The lowest BCUT2D eigenvalue weighted by atomic mass is 10.5. The van der Waals surface area contributed by atoms with E-state index in [1.807, 2.05) is 0 Å². The lowest BCUT2D eigenvalue weighted by Crippen LogP contribution is -2.28. The molecule has 0 saturated heterocycles. The van der Waals surface area contributed by atoms with Crippen molar-refractivity contribution in [2.45, 2.75) is 12.7 Å². The van der Waals surface area contributed by atoms with Gasteiger partial charge in [-0.2, -0.15) is 13.2 Å². The maximum absolute atomic E-state index is 12.1. The van der Waals surface area contributed by atoms with E-state index in [2.05, 4.69) is 21.0 Å². The summed E-state index contributed by atoms with van der Waals surface area (Å²) in [7, 11) is 0. The van der Waals surface area contributed by atoms with Gasteiger partial charge >= 0.3 is 11.9 Å². The van der Waals surface area contributed by atoms with Crippen molar-refractivity contribution in [3.05, 3.63) is 33.3 Å². The minimum absolute atomic E-state index is 0.170. The topological polar surface area (TPSA) is 39.3 Å². The fourth-order valence-electron chi connectivity index (χ4n) is 1.27. The van der Waals surface area contributed by atoms with Crippen LogP contribution in [0, 0.1) is 0 Å². The van der Waals surface area contributed by atoms with Crippen molar-refractivity contribution in [1.82, 2.24) is 14.2 Å². The number of hydrogen-bond donors (Lipinski definition) is 0. The molecule has 2 aromatic rings. The average molecular weight is 296 g/mol. The predicted octanol–water partition coefficient (Wildman–Crippen LogP) is 1.82. The van der Waals surface area contributed by atoms with E-state index in [1.54, 1.807) is 6.07 Å². The van der Waals surface area contributed by atoms with Crippen LogP contribution in [-0.2, 0) is 6.54 Å². The van der Waals surface area contributed by atoms with Crippen molar-refractivity contribution in [3.8, 4) is 0 Å². The summed E-state index contributed by atoms with van der Waals surface area (Å²) in [5.41, 5.74) is -0.636. The summed E-state index contributed by atoms with van der Waals surface area (Å²) in [4.78, 5) is 11.5. The Balaban J connectivity index is 2.56. The molecule has 2 rings (SSSR count). The Morgan fingerprint density at radius 2 is 2.12 bits per heavy atom. The average Bonchev–Trinajstić information content (AvgIpc) is 2.40. The molecule has 0 aliphatic heterocycles. The molecule has 16 heavy (non-hydrogen) atoms. The molecule has 0 radical (unpaired) electrons. The number of aromatic nitrogens is 3. The number of nitrogens with zero attached hydrogens (tertiary/aromatic N) is 3. The van der Waals surface area contributed by atoms with Gasteiger partial charge in [0.25, 0.3) is 0 Å². The summed E-state index contributed by atoms with van der Waals surface area (Å²) < 4.78 is 38.4. The number of alkyl halides is 3. The Hall–Kier alpha value is -1.31. The van der Waals surface area contributed by atoms with Crippen LogP contribution < -0.4 is 5.69 Å². The highest BCUT2D eigenvalue weighted by molar-refractivity contribution is 9.10. The third-order valence-electron chi connectivity index (χ3n) is 1.88. The monoisotopic (exact) mass is 295 g/mol. The highest BCUT2D eigenvalue weighted by atomic mass is 79.9. The molecule has 0 spiro atoms. The van der Waals surface area contributed by atoms with Gasteiger partial charge in [0.15, 0.2) is 5.65 Å². The smallest absolute Gasteiger partial charge is 0.250 e. The normalized spacial score (nSPS) is 12.2. The molecule has 0 bridgehead atoms. The van der Waals surface area contributed by atoms with E-state index in [0.717, 1.165) is 4.40 Å². The van der Waals surface area contributed by atoms with Crippen LogP contribution in [0.2, 0.25) is 0 Å². The van der Waals surface area contributed by atoms with Crippen LogP contribution in [0.4, 0.5) is 13.2 Å². The fraction of sp³-hybridized carbons (Fsp3) is 0.250. The first-order valence-electron chi connectivity index (χ1n) is 4.18. The molecule has 0 atom stereocenters. The third kappa shape index (κ3) is 2.11. The first-order chi connectivity index (χ1) is 7.37. The lowest BCUT2D eigenvalue weighted by molar-refractivity contribution is -0.143. The van der Waals surface area contributed by atoms with Crippen molar-refractivity contribution < 1.29 is 13.2 Å². The molecule has 0 fully saturated rings. The van der Waals surface area contributed by atoms with E-state index < -0.39 is 18.4 Å². The molecule has 0 aliphatic rings. The van der Waals surface area contributed by atoms with Gasteiger partial charge in [0.1, 0.15) is 6.54 Å². The van der Waals surface area contributed by atoms with Gasteiger partial charge in [-0.3, -0.25) is 4.40 Å². The molecule has 2 heterocycles. The van der Waals surface area contributed by atoms with Gasteiger partial charge < -0.3 is 0 Å². The lowest BCUT2D eigenvalue weighted by Gasteiger charge is -2.03. The van der Waals surface area contributed by atoms with E-state index in [-0.39, 0.29) is 5.65 Å². The summed E-state index contributed by atoms with van der Waals surface area (Å²) in [6.45, 7) is -1.38. The quantitative estimate of drug-likeness (QED) is 0.805. The maximum atomic E-state index is 12.1. The molecule has 2 aromatic heterocycles. The second-order valence-corrected chi connectivity index (χ2v) is 4.04. The van der Waals surface area contributed by atoms with Gasteiger partial charge in [-0.15, -0.1) is 5.10 Å². The van der Waals surface area contributed by atoms with Gasteiger partial charge in [-0.25, -0.2) is 9.48 Å². The summed E-state index contributed by atoms with van der Waals surface area (Å²) in [5, 5.41) is 3.58. The number of rotatable bonds is 1. The van der Waals surface area contributed by atoms with E-state index in [1.165, 1.54) is 12.3 Å². The molecule has 86 valence electrons. The van der Waals surface area contributed by atoms with Crippen LogP contribution in [0.5, 0.6) is 0 Å². The molecular formula is C8H5BrF3N3O. The summed E-state index contributed by atoms with van der Waals surface area (Å²) in [6.07, 6.45) is -3.10. The summed E-state index contributed by atoms with van der Waals surface area (Å²) >= 11 is 3.14. The third-order valence-corrected chi connectivity index (χ3v) is 2.37. The second-order valence-electron chi connectivity index (χ2n) is 3.13. The van der Waals surface area contributed by atoms with Crippen molar-refractivity contribution in [3.63, 3.8) is 0 Å². The molecule has 0 unspecified atom stereocenters. The molecule has 0 amide bonds. The number of halogens is 4. The van der Waals surface area contributed by atoms with Crippen LogP contribution in [0.15, 0.2) is 27.6 Å². The molecule has 0 N–H and O–H groups in total. The largest absolute Gasteiger partial charge is 0.408 e. The van der Waals surface area contributed by atoms with Gasteiger partial charge in [-0.05, 0) is 12.1 Å². The molecule has 8 heteroatoms. The minimum Gasteiger partial charge on any atom is -0.250 e. The Labute approximate surface area is 95.4 Å². The van der Waals surface area contributed by atoms with Gasteiger partial charge in [0, 0.05) is 10.7 Å². The highest BCUT2D eigenvalue weighted by Gasteiger charge is 2.30. The Morgan fingerprint density at radius 1 is 1.44 bits per heavy atom. The van der Waals surface area contributed by atoms with Crippen LogP contribution in [0.1, 0.15) is 0 Å². The zero-order chi connectivity index (χ0) is 11.9. The molecule has 4 nitrogen and oxygen atoms in total. The van der Waals surface area contributed by atoms with Crippen molar-refractivity contribution in [2.24, 2.45) is 0 Å². The zero-order valence-corrected chi connectivity index (χ0v) is 9.29.